The predicted octanol–water partition coefficient (Wildman–Crippen LogP) is 3.58. The summed E-state index contributed by atoms with van der Waals surface area (Å²) < 4.78 is 1.79. The number of benzene rings is 1. The number of carbonyl (C=O) groups excluding carboxylic acids is 1. The first-order valence-corrected chi connectivity index (χ1v) is 10.5. The molecule has 1 amide bonds. The molecule has 0 aliphatic heterocycles. The van der Waals surface area contributed by atoms with Crippen LogP contribution in [0, 0.1) is 0 Å². The highest BCUT2D eigenvalue weighted by molar-refractivity contribution is 5.99. The van der Waals surface area contributed by atoms with E-state index in [1.54, 1.807) is 29.5 Å². The third-order valence-electron chi connectivity index (χ3n) is 6.21. The van der Waals surface area contributed by atoms with E-state index in [1.165, 1.54) is 0 Å². The lowest BCUT2D eigenvalue weighted by atomic mass is 9.63. The van der Waals surface area contributed by atoms with Crippen LogP contribution in [0.4, 0.5) is 11.8 Å². The molecule has 8 heteroatoms. The van der Waals surface area contributed by atoms with Crippen LogP contribution in [0.3, 0.4) is 0 Å². The number of hydrogen-bond donors (Lipinski definition) is 2. The van der Waals surface area contributed by atoms with Crippen LogP contribution in [0.15, 0.2) is 67.3 Å². The smallest absolute Gasteiger partial charge is 0.236 e. The molecule has 1 aromatic carbocycles. The van der Waals surface area contributed by atoms with E-state index in [-0.39, 0.29) is 11.9 Å². The van der Waals surface area contributed by atoms with E-state index in [0.717, 1.165) is 47.2 Å². The van der Waals surface area contributed by atoms with E-state index in [4.69, 9.17) is 5.73 Å². The number of rotatable bonds is 5. The predicted molar refractivity (Wildman–Crippen MR) is 122 cm³/mol. The third-order valence-corrected chi connectivity index (χ3v) is 6.21. The first-order chi connectivity index (χ1) is 15.5. The normalized spacial score (nSPS) is 14.5. The summed E-state index contributed by atoms with van der Waals surface area (Å²) in [5.74, 6) is 0.772. The van der Waals surface area contributed by atoms with Crippen molar-refractivity contribution in [2.24, 2.45) is 7.05 Å². The summed E-state index contributed by atoms with van der Waals surface area (Å²) in [5, 5.41) is 7.20. The number of anilines is 2. The molecule has 3 aromatic heterocycles. The molecule has 0 atom stereocenters. The van der Waals surface area contributed by atoms with Crippen LogP contribution in [0.2, 0.25) is 0 Å². The van der Waals surface area contributed by atoms with E-state index < -0.39 is 5.41 Å². The van der Waals surface area contributed by atoms with E-state index in [9.17, 15) is 4.79 Å². The zero-order chi connectivity index (χ0) is 22.1. The summed E-state index contributed by atoms with van der Waals surface area (Å²) in [7, 11) is 1.89. The second kappa shape index (κ2) is 7.88. The molecule has 3 N–H and O–H groups in total. The highest BCUT2D eigenvalue weighted by Gasteiger charge is 2.45. The standard InChI is InChI=1S/C24H23N7O/c1-31-20(9-12-29-31)17-5-8-21(26-13-17)30-22(32)24(10-2-11-24)19-6-3-16(4-7-19)18-14-27-23(25)28-15-18/h3-9,12-15H,2,10-11H2,1H3,(H2,25,27,28)(H,26,30,32). The van der Waals surface area contributed by atoms with Crippen LogP contribution in [0.25, 0.3) is 22.4 Å². The van der Waals surface area contributed by atoms with Crippen molar-refractivity contribution in [3.63, 3.8) is 0 Å². The van der Waals surface area contributed by atoms with Crippen molar-refractivity contribution in [2.45, 2.75) is 24.7 Å². The Hall–Kier alpha value is -4.07. The van der Waals surface area contributed by atoms with Gasteiger partial charge in [-0.05, 0) is 42.2 Å². The molecule has 1 saturated carbocycles. The van der Waals surface area contributed by atoms with Gasteiger partial charge in [-0.2, -0.15) is 5.10 Å². The molecular weight excluding hydrogens is 402 g/mol. The second-order valence-corrected chi connectivity index (χ2v) is 8.07. The van der Waals surface area contributed by atoms with Gasteiger partial charge in [0, 0.05) is 43.0 Å². The summed E-state index contributed by atoms with van der Waals surface area (Å²) >= 11 is 0. The van der Waals surface area contributed by atoms with Crippen LogP contribution in [0.5, 0.6) is 0 Å². The van der Waals surface area contributed by atoms with Crippen molar-refractivity contribution in [3.8, 4) is 22.4 Å². The van der Waals surface area contributed by atoms with Gasteiger partial charge in [0.05, 0.1) is 11.1 Å². The van der Waals surface area contributed by atoms with Crippen molar-refractivity contribution in [1.29, 1.82) is 0 Å². The molecule has 0 saturated heterocycles. The highest BCUT2D eigenvalue weighted by atomic mass is 16.2. The van der Waals surface area contributed by atoms with Gasteiger partial charge in [0.25, 0.3) is 0 Å². The number of hydrogen-bond acceptors (Lipinski definition) is 6. The quantitative estimate of drug-likeness (QED) is 0.505. The maximum atomic E-state index is 13.3. The van der Waals surface area contributed by atoms with Crippen LogP contribution >= 0.6 is 0 Å². The Morgan fingerprint density at radius 3 is 2.19 bits per heavy atom. The summed E-state index contributed by atoms with van der Waals surface area (Å²) in [5.41, 5.74) is 9.83. The Bertz CT molecular complexity index is 1240. The summed E-state index contributed by atoms with van der Waals surface area (Å²) in [6.45, 7) is 0. The SMILES string of the molecule is Cn1nccc1-c1ccc(NC(=O)C2(c3ccc(-c4cnc(N)nc4)cc3)CCC2)nc1. The Balaban J connectivity index is 1.34. The zero-order valence-corrected chi connectivity index (χ0v) is 17.7. The molecule has 1 aliphatic carbocycles. The molecule has 3 heterocycles. The topological polar surface area (TPSA) is 112 Å². The third kappa shape index (κ3) is 3.49. The molecule has 0 radical (unpaired) electrons. The number of carbonyl (C=O) groups is 1. The molecule has 5 rings (SSSR count). The molecule has 4 aromatic rings. The lowest BCUT2D eigenvalue weighted by molar-refractivity contribution is -0.124. The van der Waals surface area contributed by atoms with Crippen molar-refractivity contribution >= 4 is 17.7 Å². The number of aromatic nitrogens is 5. The van der Waals surface area contributed by atoms with E-state index in [2.05, 4.69) is 25.4 Å². The Morgan fingerprint density at radius 2 is 1.62 bits per heavy atom. The lowest BCUT2D eigenvalue weighted by Gasteiger charge is -2.40. The molecule has 32 heavy (non-hydrogen) atoms. The fraction of sp³-hybridized carbons (Fsp3) is 0.208. The first kappa shape index (κ1) is 19.9. The van der Waals surface area contributed by atoms with Gasteiger partial charge in [-0.1, -0.05) is 30.7 Å². The van der Waals surface area contributed by atoms with Gasteiger partial charge in [-0.25, -0.2) is 15.0 Å². The number of nitrogens with two attached hydrogens (primary N) is 1. The van der Waals surface area contributed by atoms with E-state index in [1.807, 2.05) is 49.5 Å². The molecule has 0 unspecified atom stereocenters. The van der Waals surface area contributed by atoms with E-state index in [0.29, 0.717) is 5.82 Å². The lowest BCUT2D eigenvalue weighted by Crippen LogP contribution is -2.46. The van der Waals surface area contributed by atoms with Gasteiger partial charge in [0.1, 0.15) is 5.82 Å². The van der Waals surface area contributed by atoms with Crippen LogP contribution in [-0.4, -0.2) is 30.6 Å². The summed E-state index contributed by atoms with van der Waals surface area (Å²) in [4.78, 5) is 25.8. The fourth-order valence-electron chi connectivity index (χ4n) is 4.16. The highest BCUT2D eigenvalue weighted by Crippen LogP contribution is 2.45. The van der Waals surface area contributed by atoms with Gasteiger partial charge >= 0.3 is 0 Å². The van der Waals surface area contributed by atoms with Crippen LogP contribution in [-0.2, 0) is 17.3 Å². The molecule has 1 fully saturated rings. The number of amides is 1. The van der Waals surface area contributed by atoms with Crippen molar-refractivity contribution in [2.75, 3.05) is 11.1 Å². The van der Waals surface area contributed by atoms with Gasteiger partial charge in [0.15, 0.2) is 0 Å². The first-order valence-electron chi connectivity index (χ1n) is 10.5. The number of nitrogen functional groups attached to an aromatic ring is 1. The van der Waals surface area contributed by atoms with Crippen LogP contribution < -0.4 is 11.1 Å². The number of nitrogens with one attached hydrogen (secondary N) is 1. The maximum Gasteiger partial charge on any atom is 0.236 e. The zero-order valence-electron chi connectivity index (χ0n) is 17.7. The summed E-state index contributed by atoms with van der Waals surface area (Å²) in [6.07, 6.45) is 9.55. The Labute approximate surface area is 185 Å². The number of pyridine rings is 1. The average Bonchev–Trinajstić information content (AvgIpc) is 3.20. The van der Waals surface area contributed by atoms with Gasteiger partial charge < -0.3 is 11.1 Å². The molecule has 1 aliphatic rings. The minimum absolute atomic E-state index is 0.0203. The van der Waals surface area contributed by atoms with Crippen molar-refractivity contribution < 1.29 is 4.79 Å². The monoisotopic (exact) mass is 425 g/mol. The molecular formula is C24H23N7O. The van der Waals surface area contributed by atoms with Gasteiger partial charge in [0.2, 0.25) is 11.9 Å². The molecule has 0 bridgehead atoms. The van der Waals surface area contributed by atoms with Crippen molar-refractivity contribution in [1.82, 2.24) is 24.7 Å². The second-order valence-electron chi connectivity index (χ2n) is 8.07. The van der Waals surface area contributed by atoms with E-state index >= 15 is 0 Å². The Morgan fingerprint density at radius 1 is 0.938 bits per heavy atom. The minimum atomic E-state index is -0.529. The van der Waals surface area contributed by atoms with Crippen LogP contribution in [0.1, 0.15) is 24.8 Å². The maximum absolute atomic E-state index is 13.3. The fourth-order valence-corrected chi connectivity index (χ4v) is 4.16. The number of nitrogens with zero attached hydrogens (tertiary/aromatic N) is 5. The number of aryl methyl sites for hydroxylation is 1. The molecule has 0 spiro atoms. The van der Waals surface area contributed by atoms with Gasteiger partial charge in [-0.3, -0.25) is 9.48 Å². The summed E-state index contributed by atoms with van der Waals surface area (Å²) in [6, 6.07) is 13.7. The Kier molecular flexibility index (Phi) is 4.89. The molecule has 160 valence electrons. The largest absolute Gasteiger partial charge is 0.368 e. The molecule has 8 nitrogen and oxygen atoms in total. The average molecular weight is 425 g/mol. The minimum Gasteiger partial charge on any atom is -0.368 e. The van der Waals surface area contributed by atoms with Crippen molar-refractivity contribution in [3.05, 3.63) is 72.8 Å². The van der Waals surface area contributed by atoms with Gasteiger partial charge in [-0.15, -0.1) is 0 Å².